The monoisotopic (exact) mass is 305 g/mol. The lowest BCUT2D eigenvalue weighted by molar-refractivity contribution is 0.688. The van der Waals surface area contributed by atoms with Crippen LogP contribution in [0.25, 0.3) is 11.1 Å². The van der Waals surface area contributed by atoms with E-state index in [2.05, 4.69) is 23.5 Å². The van der Waals surface area contributed by atoms with Gasteiger partial charge in [-0.1, -0.05) is 47.5 Å². The summed E-state index contributed by atoms with van der Waals surface area (Å²) in [5, 5.41) is 5.09. The highest BCUT2D eigenvalue weighted by Crippen LogP contribution is 2.29. The summed E-state index contributed by atoms with van der Waals surface area (Å²) in [5.41, 5.74) is 4.45. The van der Waals surface area contributed by atoms with E-state index < -0.39 is 0 Å². The molecule has 0 radical (unpaired) electrons. The molecule has 0 saturated heterocycles. The molecule has 3 heteroatoms. The lowest BCUT2D eigenvalue weighted by Crippen LogP contribution is -2.15. The molecule has 3 rings (SSSR count). The van der Waals surface area contributed by atoms with Gasteiger partial charge in [-0.15, -0.1) is 0 Å². The highest BCUT2D eigenvalue weighted by molar-refractivity contribution is 6.32. The van der Waals surface area contributed by atoms with Crippen molar-refractivity contribution in [2.75, 3.05) is 0 Å². The summed E-state index contributed by atoms with van der Waals surface area (Å²) in [6, 6.07) is 13.0. The normalized spacial score (nSPS) is 14.6. The van der Waals surface area contributed by atoms with Gasteiger partial charge in [0, 0.05) is 22.6 Å². The quantitative estimate of drug-likeness (QED) is 0.816. The third kappa shape index (κ3) is 3.17. The highest BCUT2D eigenvalue weighted by atomic mass is 35.5. The van der Waals surface area contributed by atoms with E-state index in [4.69, 9.17) is 23.2 Å². The van der Waals surface area contributed by atoms with Crippen molar-refractivity contribution < 1.29 is 0 Å². The molecule has 1 aliphatic carbocycles. The van der Waals surface area contributed by atoms with Crippen LogP contribution >= 0.6 is 23.2 Å². The molecule has 0 aliphatic heterocycles. The van der Waals surface area contributed by atoms with Crippen molar-refractivity contribution in [3.63, 3.8) is 0 Å². The summed E-state index contributed by atoms with van der Waals surface area (Å²) in [4.78, 5) is 0. The summed E-state index contributed by atoms with van der Waals surface area (Å²) < 4.78 is 0. The summed E-state index contributed by atoms with van der Waals surface area (Å²) in [7, 11) is 0. The number of nitrogens with one attached hydrogen (secondary N) is 1. The molecule has 0 amide bonds. The summed E-state index contributed by atoms with van der Waals surface area (Å²) in [6.07, 6.45) is 2.58. The van der Waals surface area contributed by atoms with Crippen molar-refractivity contribution in [2.24, 2.45) is 0 Å². The third-order valence-electron chi connectivity index (χ3n) is 3.72. The first kappa shape index (κ1) is 13.9. The molecule has 0 atom stereocenters. The van der Waals surface area contributed by atoms with Crippen LogP contribution in [0.2, 0.25) is 10.0 Å². The summed E-state index contributed by atoms with van der Waals surface area (Å²) >= 11 is 12.6. The average Bonchev–Trinajstić information content (AvgIpc) is 3.24. The molecule has 0 spiro atoms. The largest absolute Gasteiger partial charge is 0.310 e. The van der Waals surface area contributed by atoms with Crippen LogP contribution in [-0.4, -0.2) is 6.04 Å². The lowest BCUT2D eigenvalue weighted by atomic mass is 10.0. The van der Waals surface area contributed by atoms with E-state index in [0.29, 0.717) is 6.04 Å². The van der Waals surface area contributed by atoms with Crippen LogP contribution < -0.4 is 5.32 Å². The topological polar surface area (TPSA) is 12.0 Å². The van der Waals surface area contributed by atoms with Gasteiger partial charge in [-0.05, 0) is 54.2 Å². The zero-order valence-electron chi connectivity index (χ0n) is 11.4. The molecule has 1 aliphatic rings. The fraction of sp³-hybridized carbons (Fsp3) is 0.294. The van der Waals surface area contributed by atoms with Crippen LogP contribution in [0.4, 0.5) is 0 Å². The van der Waals surface area contributed by atoms with Crippen molar-refractivity contribution in [2.45, 2.75) is 32.4 Å². The van der Waals surface area contributed by atoms with Crippen LogP contribution in [0.1, 0.15) is 24.0 Å². The van der Waals surface area contributed by atoms with Gasteiger partial charge in [-0.3, -0.25) is 0 Å². The van der Waals surface area contributed by atoms with Crippen LogP contribution in [0.15, 0.2) is 36.4 Å². The zero-order valence-corrected chi connectivity index (χ0v) is 12.9. The maximum absolute atomic E-state index is 6.38. The molecule has 104 valence electrons. The molecular formula is C17H17Cl2N. The SMILES string of the molecule is Cc1ccc(-c2ccc(CNC3CC3)c(Cl)c2)cc1Cl. The van der Waals surface area contributed by atoms with Gasteiger partial charge in [0.2, 0.25) is 0 Å². The Morgan fingerprint density at radius 3 is 2.25 bits per heavy atom. The molecule has 2 aromatic carbocycles. The fourth-order valence-electron chi connectivity index (χ4n) is 2.18. The van der Waals surface area contributed by atoms with Crippen molar-refractivity contribution in [1.29, 1.82) is 0 Å². The van der Waals surface area contributed by atoms with E-state index in [0.717, 1.165) is 38.8 Å². The van der Waals surface area contributed by atoms with Crippen LogP contribution in [-0.2, 0) is 6.54 Å². The van der Waals surface area contributed by atoms with Crippen molar-refractivity contribution in [3.8, 4) is 11.1 Å². The van der Waals surface area contributed by atoms with E-state index in [1.165, 1.54) is 12.8 Å². The van der Waals surface area contributed by atoms with Crippen LogP contribution in [0.5, 0.6) is 0 Å². The van der Waals surface area contributed by atoms with Gasteiger partial charge in [-0.25, -0.2) is 0 Å². The molecule has 1 nitrogen and oxygen atoms in total. The van der Waals surface area contributed by atoms with Gasteiger partial charge in [0.25, 0.3) is 0 Å². The Morgan fingerprint density at radius 2 is 1.65 bits per heavy atom. The molecule has 20 heavy (non-hydrogen) atoms. The minimum atomic E-state index is 0.696. The van der Waals surface area contributed by atoms with Gasteiger partial charge in [0.15, 0.2) is 0 Å². The predicted octanol–water partition coefficient (Wildman–Crippen LogP) is 5.22. The Kier molecular flexibility index (Phi) is 4.02. The average molecular weight is 306 g/mol. The van der Waals surface area contributed by atoms with E-state index in [1.54, 1.807) is 0 Å². The summed E-state index contributed by atoms with van der Waals surface area (Å²) in [6.45, 7) is 2.85. The molecule has 0 heterocycles. The highest BCUT2D eigenvalue weighted by Gasteiger charge is 2.20. The van der Waals surface area contributed by atoms with Crippen molar-refractivity contribution >= 4 is 23.2 Å². The standard InChI is InChI=1S/C17H17Cl2N/c1-11-2-3-12(8-16(11)18)13-4-5-14(17(19)9-13)10-20-15-6-7-15/h2-5,8-9,15,20H,6-7,10H2,1H3. The molecule has 0 aromatic heterocycles. The number of aryl methyl sites for hydroxylation is 1. The minimum absolute atomic E-state index is 0.696. The Bertz CT molecular complexity index is 633. The Labute approximate surface area is 129 Å². The molecule has 1 N–H and O–H groups in total. The van der Waals surface area contributed by atoms with Gasteiger partial charge in [-0.2, -0.15) is 0 Å². The molecule has 2 aromatic rings. The second-order valence-corrected chi connectivity index (χ2v) is 6.24. The molecule has 1 saturated carbocycles. The van der Waals surface area contributed by atoms with E-state index in [-0.39, 0.29) is 0 Å². The summed E-state index contributed by atoms with van der Waals surface area (Å²) in [5.74, 6) is 0. The second kappa shape index (κ2) is 5.77. The van der Waals surface area contributed by atoms with Gasteiger partial charge in [0.05, 0.1) is 0 Å². The van der Waals surface area contributed by atoms with Crippen molar-refractivity contribution in [1.82, 2.24) is 5.32 Å². The Hall–Kier alpha value is -1.02. The van der Waals surface area contributed by atoms with Crippen LogP contribution in [0.3, 0.4) is 0 Å². The number of rotatable bonds is 4. The Balaban J connectivity index is 1.82. The molecule has 1 fully saturated rings. The smallest absolute Gasteiger partial charge is 0.0457 e. The molecule has 0 bridgehead atoms. The first-order valence-electron chi connectivity index (χ1n) is 6.92. The lowest BCUT2D eigenvalue weighted by Gasteiger charge is -2.09. The fourth-order valence-corrected chi connectivity index (χ4v) is 2.61. The zero-order chi connectivity index (χ0) is 14.1. The van der Waals surface area contributed by atoms with Crippen molar-refractivity contribution in [3.05, 3.63) is 57.6 Å². The second-order valence-electron chi connectivity index (χ2n) is 5.43. The van der Waals surface area contributed by atoms with E-state index >= 15 is 0 Å². The minimum Gasteiger partial charge on any atom is -0.310 e. The maximum Gasteiger partial charge on any atom is 0.0457 e. The third-order valence-corrected chi connectivity index (χ3v) is 4.48. The first-order valence-corrected chi connectivity index (χ1v) is 7.67. The van der Waals surface area contributed by atoms with Gasteiger partial charge >= 0.3 is 0 Å². The van der Waals surface area contributed by atoms with Gasteiger partial charge in [0.1, 0.15) is 0 Å². The number of benzene rings is 2. The number of hydrogen-bond donors (Lipinski definition) is 1. The first-order chi connectivity index (χ1) is 9.63. The predicted molar refractivity (Wildman–Crippen MR) is 86.5 cm³/mol. The van der Waals surface area contributed by atoms with Gasteiger partial charge < -0.3 is 5.32 Å². The molecule has 0 unspecified atom stereocenters. The van der Waals surface area contributed by atoms with E-state index in [9.17, 15) is 0 Å². The Morgan fingerprint density at radius 1 is 1.00 bits per heavy atom. The maximum atomic E-state index is 6.38. The van der Waals surface area contributed by atoms with Crippen LogP contribution in [0, 0.1) is 6.92 Å². The molecular weight excluding hydrogens is 289 g/mol. The van der Waals surface area contributed by atoms with E-state index in [1.807, 2.05) is 25.1 Å². The number of hydrogen-bond acceptors (Lipinski definition) is 1. The number of halogens is 2.